The van der Waals surface area contributed by atoms with E-state index in [-0.39, 0.29) is 5.41 Å². The molecule has 1 nitrogen and oxygen atoms in total. The van der Waals surface area contributed by atoms with Crippen molar-refractivity contribution >= 4 is 59.3 Å². The molecular formula is C49H35NS. The molecule has 0 bridgehead atoms. The van der Waals surface area contributed by atoms with Gasteiger partial charge in [-0.3, -0.25) is 0 Å². The fourth-order valence-corrected chi connectivity index (χ4v) is 9.63. The first-order valence-electron chi connectivity index (χ1n) is 17.7. The summed E-state index contributed by atoms with van der Waals surface area (Å²) in [4.78, 5) is 2.35. The van der Waals surface area contributed by atoms with Crippen molar-refractivity contribution in [2.24, 2.45) is 0 Å². The average molecular weight is 670 g/mol. The van der Waals surface area contributed by atoms with Crippen LogP contribution in [0.1, 0.15) is 25.0 Å². The molecule has 0 fully saturated rings. The maximum absolute atomic E-state index is 2.40. The lowest BCUT2D eigenvalue weighted by molar-refractivity contribution is 0.660. The minimum Gasteiger partial charge on any atom is -0.311 e. The van der Waals surface area contributed by atoms with Crippen LogP contribution in [0.3, 0.4) is 0 Å². The summed E-state index contributed by atoms with van der Waals surface area (Å²) in [6.45, 7) is 4.69. The van der Waals surface area contributed by atoms with Gasteiger partial charge in [-0.2, -0.15) is 0 Å². The number of benzene rings is 8. The average Bonchev–Trinajstić information content (AvgIpc) is 3.68. The van der Waals surface area contributed by atoms with Crippen molar-refractivity contribution in [3.63, 3.8) is 0 Å². The first-order chi connectivity index (χ1) is 25.0. The van der Waals surface area contributed by atoms with Gasteiger partial charge < -0.3 is 4.90 Å². The third kappa shape index (κ3) is 4.75. The minimum absolute atomic E-state index is 0.0188. The van der Waals surface area contributed by atoms with E-state index in [4.69, 9.17) is 0 Å². The number of hydrogen-bond acceptors (Lipinski definition) is 2. The van der Waals surface area contributed by atoms with Gasteiger partial charge in [-0.25, -0.2) is 0 Å². The Balaban J connectivity index is 1.01. The zero-order valence-corrected chi connectivity index (χ0v) is 29.4. The molecule has 0 N–H and O–H groups in total. The summed E-state index contributed by atoms with van der Waals surface area (Å²) in [5.41, 5.74) is 13.9. The third-order valence-corrected chi connectivity index (χ3v) is 12.2. The van der Waals surface area contributed by atoms with Crippen LogP contribution >= 0.6 is 11.3 Å². The van der Waals surface area contributed by atoms with Crippen LogP contribution in [0.4, 0.5) is 17.1 Å². The summed E-state index contributed by atoms with van der Waals surface area (Å²) >= 11 is 1.91. The number of para-hydroxylation sites is 1. The van der Waals surface area contributed by atoms with Crippen LogP contribution < -0.4 is 4.90 Å². The summed E-state index contributed by atoms with van der Waals surface area (Å²) in [5, 5.41) is 5.27. The molecule has 2 heteroatoms. The van der Waals surface area contributed by atoms with E-state index in [1.807, 2.05) is 11.3 Å². The molecule has 1 aliphatic carbocycles. The fraction of sp³-hybridized carbons (Fsp3) is 0.0612. The summed E-state index contributed by atoms with van der Waals surface area (Å²) in [7, 11) is 0. The lowest BCUT2D eigenvalue weighted by atomic mass is 9.81. The van der Waals surface area contributed by atoms with Crippen LogP contribution in [-0.2, 0) is 5.41 Å². The van der Waals surface area contributed by atoms with Crippen molar-refractivity contribution in [2.75, 3.05) is 4.90 Å². The second-order valence-corrected chi connectivity index (χ2v) is 15.2. The lowest BCUT2D eigenvalue weighted by Crippen LogP contribution is -2.14. The van der Waals surface area contributed by atoms with E-state index in [1.165, 1.54) is 75.5 Å². The van der Waals surface area contributed by atoms with E-state index in [1.54, 1.807) is 0 Å². The van der Waals surface area contributed by atoms with Gasteiger partial charge in [-0.05, 0) is 97.7 Å². The Bertz CT molecular complexity index is 2750. The topological polar surface area (TPSA) is 3.24 Å². The van der Waals surface area contributed by atoms with Crippen LogP contribution in [0.2, 0.25) is 0 Å². The van der Waals surface area contributed by atoms with Crippen molar-refractivity contribution < 1.29 is 0 Å². The van der Waals surface area contributed by atoms with Crippen LogP contribution in [0, 0.1) is 0 Å². The Kier molecular flexibility index (Phi) is 6.78. The molecule has 0 saturated heterocycles. The van der Waals surface area contributed by atoms with Crippen LogP contribution in [0.25, 0.3) is 64.3 Å². The van der Waals surface area contributed by atoms with E-state index in [0.29, 0.717) is 0 Å². The smallest absolute Gasteiger partial charge is 0.0462 e. The summed E-state index contributed by atoms with van der Waals surface area (Å²) < 4.78 is 2.70. The molecule has 0 amide bonds. The van der Waals surface area contributed by atoms with Gasteiger partial charge in [0.2, 0.25) is 0 Å². The van der Waals surface area contributed by atoms with Gasteiger partial charge in [0.05, 0.1) is 0 Å². The van der Waals surface area contributed by atoms with E-state index in [9.17, 15) is 0 Å². The summed E-state index contributed by atoms with van der Waals surface area (Å²) in [5.74, 6) is 0. The zero-order chi connectivity index (χ0) is 34.1. The molecule has 0 radical (unpaired) electrons. The van der Waals surface area contributed by atoms with Crippen LogP contribution in [-0.4, -0.2) is 0 Å². The number of thiophene rings is 1. The van der Waals surface area contributed by atoms with Crippen molar-refractivity contribution in [3.8, 4) is 33.4 Å². The molecule has 51 heavy (non-hydrogen) atoms. The second kappa shape index (κ2) is 11.6. The number of anilines is 3. The predicted molar refractivity (Wildman–Crippen MR) is 220 cm³/mol. The number of rotatable bonds is 5. The Morgan fingerprint density at radius 2 is 0.980 bits per heavy atom. The molecule has 8 aromatic carbocycles. The first kappa shape index (κ1) is 29.9. The number of hydrogen-bond donors (Lipinski definition) is 0. The third-order valence-electron chi connectivity index (χ3n) is 10.9. The standard InChI is InChI=1S/C49H35NS/c1-49(2)45-18-9-8-15-41(45)42-29-24-35(31-46(42)49)32-19-25-37(26-20-32)50(36-12-4-3-5-13-36)38-27-21-34(22-28-38)40-16-10-17-43-44-30-23-33-11-6-7-14-39(33)48(44)51-47(40)43/h3-31H,1-2H3. The van der Waals surface area contributed by atoms with Crippen LogP contribution in [0.15, 0.2) is 176 Å². The molecule has 0 unspecified atom stereocenters. The first-order valence-corrected chi connectivity index (χ1v) is 18.5. The second-order valence-electron chi connectivity index (χ2n) is 14.1. The Morgan fingerprint density at radius 3 is 1.78 bits per heavy atom. The van der Waals surface area contributed by atoms with Crippen molar-refractivity contribution in [1.29, 1.82) is 0 Å². The molecule has 0 saturated carbocycles. The quantitative estimate of drug-likeness (QED) is 0.176. The Morgan fingerprint density at radius 1 is 0.392 bits per heavy atom. The predicted octanol–water partition coefficient (Wildman–Crippen LogP) is 14.3. The van der Waals surface area contributed by atoms with Crippen molar-refractivity contribution in [1.82, 2.24) is 0 Å². The highest BCUT2D eigenvalue weighted by atomic mass is 32.1. The molecule has 9 aromatic rings. The van der Waals surface area contributed by atoms with E-state index in [0.717, 1.165) is 17.1 Å². The van der Waals surface area contributed by atoms with Gasteiger partial charge in [0, 0.05) is 42.6 Å². The molecule has 10 rings (SSSR count). The van der Waals surface area contributed by atoms with Crippen molar-refractivity contribution in [3.05, 3.63) is 187 Å². The zero-order valence-electron chi connectivity index (χ0n) is 28.6. The monoisotopic (exact) mass is 669 g/mol. The summed E-state index contributed by atoms with van der Waals surface area (Å²) in [6.07, 6.45) is 0. The molecule has 0 spiro atoms. The van der Waals surface area contributed by atoms with Gasteiger partial charge in [0.15, 0.2) is 0 Å². The molecule has 1 heterocycles. The van der Waals surface area contributed by atoms with E-state index >= 15 is 0 Å². The molecule has 0 atom stereocenters. The number of fused-ring (bicyclic) bond motifs is 8. The highest BCUT2D eigenvalue weighted by Crippen LogP contribution is 2.50. The fourth-order valence-electron chi connectivity index (χ4n) is 8.25. The maximum Gasteiger partial charge on any atom is 0.0462 e. The van der Waals surface area contributed by atoms with Gasteiger partial charge in [0.25, 0.3) is 0 Å². The SMILES string of the molecule is CC1(C)c2ccccc2-c2ccc(-c3ccc(N(c4ccccc4)c4ccc(-c5cccc6c5sc5c7ccccc7ccc65)cc4)cc3)cc21. The van der Waals surface area contributed by atoms with Gasteiger partial charge in [-0.1, -0.05) is 147 Å². The highest BCUT2D eigenvalue weighted by molar-refractivity contribution is 7.27. The molecular weight excluding hydrogens is 635 g/mol. The molecule has 0 aliphatic heterocycles. The van der Waals surface area contributed by atoms with Crippen molar-refractivity contribution in [2.45, 2.75) is 19.3 Å². The molecule has 1 aromatic heterocycles. The molecule has 242 valence electrons. The summed E-state index contributed by atoms with van der Waals surface area (Å²) in [6, 6.07) is 64.6. The largest absolute Gasteiger partial charge is 0.311 e. The lowest BCUT2D eigenvalue weighted by Gasteiger charge is -2.26. The molecule has 1 aliphatic rings. The normalized spacial score (nSPS) is 13.1. The number of nitrogens with zero attached hydrogens (tertiary/aromatic N) is 1. The van der Waals surface area contributed by atoms with E-state index in [2.05, 4.69) is 195 Å². The Labute approximate surface area is 302 Å². The minimum atomic E-state index is -0.0188. The van der Waals surface area contributed by atoms with E-state index < -0.39 is 0 Å². The van der Waals surface area contributed by atoms with Gasteiger partial charge in [0.1, 0.15) is 0 Å². The maximum atomic E-state index is 2.40. The van der Waals surface area contributed by atoms with Gasteiger partial charge in [-0.15, -0.1) is 11.3 Å². The highest BCUT2D eigenvalue weighted by Gasteiger charge is 2.35. The Hall–Kier alpha value is -5.96. The van der Waals surface area contributed by atoms with Crippen LogP contribution in [0.5, 0.6) is 0 Å². The van der Waals surface area contributed by atoms with Gasteiger partial charge >= 0.3 is 0 Å².